The molecule has 0 N–H and O–H groups in total. The smallest absolute Gasteiger partial charge is 0.225 e. The molecule has 0 unspecified atom stereocenters. The number of ether oxygens (including phenoxy) is 2. The SMILES string of the molecule is CC1CCN(C(=O)C2CCC(C(=O)N3CCC4(CC3)OCCO4)CC2)CC1. The molecular weight excluding hydrogens is 344 g/mol. The Balaban J connectivity index is 1.23. The van der Waals surface area contributed by atoms with Crippen LogP contribution < -0.4 is 0 Å². The van der Waals surface area contributed by atoms with Gasteiger partial charge in [0.25, 0.3) is 0 Å². The lowest BCUT2D eigenvalue weighted by Gasteiger charge is -2.40. The summed E-state index contributed by atoms with van der Waals surface area (Å²) < 4.78 is 11.5. The van der Waals surface area contributed by atoms with Gasteiger partial charge in [-0.25, -0.2) is 0 Å². The highest BCUT2D eigenvalue weighted by Gasteiger charge is 2.42. The first-order valence-electron chi connectivity index (χ1n) is 10.9. The van der Waals surface area contributed by atoms with Crippen LogP contribution in [0.15, 0.2) is 0 Å². The van der Waals surface area contributed by atoms with Crippen molar-refractivity contribution < 1.29 is 19.1 Å². The van der Waals surface area contributed by atoms with Crippen molar-refractivity contribution in [1.29, 1.82) is 0 Å². The van der Waals surface area contributed by atoms with Gasteiger partial charge < -0.3 is 19.3 Å². The van der Waals surface area contributed by atoms with Gasteiger partial charge in [0, 0.05) is 50.9 Å². The highest BCUT2D eigenvalue weighted by atomic mass is 16.7. The van der Waals surface area contributed by atoms with Crippen molar-refractivity contribution in [3.63, 3.8) is 0 Å². The molecule has 0 aromatic heterocycles. The average Bonchev–Trinajstić information content (AvgIpc) is 3.16. The van der Waals surface area contributed by atoms with Gasteiger partial charge in [0.1, 0.15) is 0 Å². The molecule has 2 amide bonds. The lowest BCUT2D eigenvalue weighted by molar-refractivity contribution is -0.188. The molecular formula is C21H34N2O4. The summed E-state index contributed by atoms with van der Waals surface area (Å²) in [4.78, 5) is 29.8. The molecule has 3 saturated heterocycles. The first-order valence-corrected chi connectivity index (χ1v) is 10.9. The summed E-state index contributed by atoms with van der Waals surface area (Å²) in [5.41, 5.74) is 0. The number of piperidine rings is 2. The number of hydrogen-bond donors (Lipinski definition) is 0. The zero-order valence-corrected chi connectivity index (χ0v) is 16.7. The second-order valence-corrected chi connectivity index (χ2v) is 8.99. The highest BCUT2D eigenvalue weighted by molar-refractivity contribution is 5.81. The minimum absolute atomic E-state index is 0.0925. The van der Waals surface area contributed by atoms with E-state index in [-0.39, 0.29) is 17.7 Å². The second-order valence-electron chi connectivity index (χ2n) is 8.99. The minimum Gasteiger partial charge on any atom is -0.347 e. The first-order chi connectivity index (χ1) is 13.1. The molecule has 0 radical (unpaired) electrons. The zero-order valence-electron chi connectivity index (χ0n) is 16.7. The summed E-state index contributed by atoms with van der Waals surface area (Å²) >= 11 is 0. The summed E-state index contributed by atoms with van der Waals surface area (Å²) in [5, 5.41) is 0. The third-order valence-corrected chi connectivity index (χ3v) is 7.17. The summed E-state index contributed by atoms with van der Waals surface area (Å²) in [5.74, 6) is 1.16. The number of amides is 2. The summed E-state index contributed by atoms with van der Waals surface area (Å²) in [6.07, 6.45) is 7.26. The highest BCUT2D eigenvalue weighted by Crippen LogP contribution is 2.35. The van der Waals surface area contributed by atoms with Crippen molar-refractivity contribution in [2.24, 2.45) is 17.8 Å². The Morgan fingerprint density at radius 1 is 0.741 bits per heavy atom. The maximum absolute atomic E-state index is 12.9. The third kappa shape index (κ3) is 4.16. The van der Waals surface area contributed by atoms with E-state index in [4.69, 9.17) is 9.47 Å². The predicted octanol–water partition coefficient (Wildman–Crippen LogP) is 2.42. The Morgan fingerprint density at radius 2 is 1.19 bits per heavy atom. The number of likely N-dealkylation sites (tertiary alicyclic amines) is 2. The summed E-state index contributed by atoms with van der Waals surface area (Å²) in [7, 11) is 0. The van der Waals surface area contributed by atoms with Gasteiger partial charge in [0.05, 0.1) is 13.2 Å². The van der Waals surface area contributed by atoms with E-state index in [1.54, 1.807) is 0 Å². The van der Waals surface area contributed by atoms with E-state index in [0.29, 0.717) is 19.1 Å². The quantitative estimate of drug-likeness (QED) is 0.740. The lowest BCUT2D eigenvalue weighted by Crippen LogP contribution is -2.49. The Kier molecular flexibility index (Phi) is 5.74. The van der Waals surface area contributed by atoms with Crippen molar-refractivity contribution >= 4 is 11.8 Å². The molecule has 4 fully saturated rings. The molecule has 27 heavy (non-hydrogen) atoms. The molecule has 0 aromatic carbocycles. The molecule has 1 aliphatic carbocycles. The van der Waals surface area contributed by atoms with E-state index in [2.05, 4.69) is 11.8 Å². The summed E-state index contributed by atoms with van der Waals surface area (Å²) in [6.45, 7) is 6.89. The van der Waals surface area contributed by atoms with Gasteiger partial charge in [-0.15, -0.1) is 0 Å². The van der Waals surface area contributed by atoms with Crippen LogP contribution in [-0.2, 0) is 19.1 Å². The van der Waals surface area contributed by atoms with Crippen LogP contribution in [0.5, 0.6) is 0 Å². The number of nitrogens with zero attached hydrogens (tertiary/aromatic N) is 2. The maximum Gasteiger partial charge on any atom is 0.225 e. The van der Waals surface area contributed by atoms with E-state index in [9.17, 15) is 9.59 Å². The van der Waals surface area contributed by atoms with Crippen LogP contribution in [0.4, 0.5) is 0 Å². The molecule has 1 spiro atoms. The Labute approximate surface area is 162 Å². The number of carbonyl (C=O) groups excluding carboxylic acids is 2. The van der Waals surface area contributed by atoms with E-state index >= 15 is 0 Å². The molecule has 4 aliphatic rings. The predicted molar refractivity (Wildman–Crippen MR) is 101 cm³/mol. The normalized spacial score (nSPS) is 32.0. The Hall–Kier alpha value is -1.14. The van der Waals surface area contributed by atoms with Gasteiger partial charge in [0.2, 0.25) is 11.8 Å². The van der Waals surface area contributed by atoms with Crippen molar-refractivity contribution in [2.45, 2.75) is 64.1 Å². The number of rotatable bonds is 2. The van der Waals surface area contributed by atoms with E-state index in [1.165, 1.54) is 0 Å². The van der Waals surface area contributed by atoms with Crippen LogP contribution in [-0.4, -0.2) is 66.8 Å². The van der Waals surface area contributed by atoms with Crippen LogP contribution in [0.3, 0.4) is 0 Å². The van der Waals surface area contributed by atoms with Crippen molar-refractivity contribution in [2.75, 3.05) is 39.4 Å². The Bertz CT molecular complexity index is 534. The molecule has 3 aliphatic heterocycles. The fourth-order valence-electron chi connectivity index (χ4n) is 5.19. The maximum atomic E-state index is 12.9. The van der Waals surface area contributed by atoms with Crippen LogP contribution in [0.1, 0.15) is 58.3 Å². The molecule has 4 rings (SSSR count). The zero-order chi connectivity index (χ0) is 18.9. The molecule has 0 aromatic rings. The average molecular weight is 379 g/mol. The van der Waals surface area contributed by atoms with Gasteiger partial charge in [-0.2, -0.15) is 0 Å². The van der Waals surface area contributed by atoms with Crippen molar-refractivity contribution in [1.82, 2.24) is 9.80 Å². The van der Waals surface area contributed by atoms with Gasteiger partial charge in [0.15, 0.2) is 5.79 Å². The van der Waals surface area contributed by atoms with Gasteiger partial charge in [-0.3, -0.25) is 9.59 Å². The standard InChI is InChI=1S/C21H34N2O4/c1-16-6-10-22(11-7-16)19(24)17-2-4-18(5-3-17)20(25)23-12-8-21(9-13-23)26-14-15-27-21/h16-18H,2-15H2,1H3. The molecule has 0 atom stereocenters. The van der Waals surface area contributed by atoms with Crippen molar-refractivity contribution in [3.05, 3.63) is 0 Å². The lowest BCUT2D eigenvalue weighted by atomic mass is 9.80. The fourth-order valence-corrected chi connectivity index (χ4v) is 5.19. The monoisotopic (exact) mass is 378 g/mol. The second kappa shape index (κ2) is 8.08. The number of carbonyl (C=O) groups is 2. The van der Waals surface area contributed by atoms with Crippen LogP contribution >= 0.6 is 0 Å². The Morgan fingerprint density at radius 3 is 1.67 bits per heavy atom. The molecule has 1 saturated carbocycles. The van der Waals surface area contributed by atoms with E-state index in [1.807, 2.05) is 4.90 Å². The van der Waals surface area contributed by atoms with Gasteiger partial charge in [-0.05, 0) is 44.4 Å². The molecule has 3 heterocycles. The molecule has 0 bridgehead atoms. The first kappa shape index (κ1) is 19.2. The van der Waals surface area contributed by atoms with Crippen LogP contribution in [0, 0.1) is 17.8 Å². The van der Waals surface area contributed by atoms with Crippen molar-refractivity contribution in [3.8, 4) is 0 Å². The van der Waals surface area contributed by atoms with Crippen LogP contribution in [0.2, 0.25) is 0 Å². The summed E-state index contributed by atoms with van der Waals surface area (Å²) in [6, 6.07) is 0. The van der Waals surface area contributed by atoms with Crippen LogP contribution in [0.25, 0.3) is 0 Å². The fraction of sp³-hybridized carbons (Fsp3) is 0.905. The molecule has 152 valence electrons. The minimum atomic E-state index is -0.424. The largest absolute Gasteiger partial charge is 0.347 e. The third-order valence-electron chi connectivity index (χ3n) is 7.17. The van der Waals surface area contributed by atoms with E-state index in [0.717, 1.165) is 83.5 Å². The molecule has 6 heteroatoms. The topological polar surface area (TPSA) is 59.1 Å². The number of hydrogen-bond acceptors (Lipinski definition) is 4. The van der Waals surface area contributed by atoms with Gasteiger partial charge in [-0.1, -0.05) is 6.92 Å². The van der Waals surface area contributed by atoms with E-state index < -0.39 is 5.79 Å². The van der Waals surface area contributed by atoms with Gasteiger partial charge >= 0.3 is 0 Å². The molecule has 6 nitrogen and oxygen atoms in total.